The van der Waals surface area contributed by atoms with E-state index in [4.69, 9.17) is 4.74 Å². The summed E-state index contributed by atoms with van der Waals surface area (Å²) < 4.78 is 27.9. The Balaban J connectivity index is 2.72. The highest BCUT2D eigenvalue weighted by Crippen LogP contribution is 2.11. The van der Waals surface area contributed by atoms with Crippen molar-refractivity contribution >= 4 is 21.5 Å². The van der Waals surface area contributed by atoms with Crippen LogP contribution >= 0.6 is 0 Å². The van der Waals surface area contributed by atoms with Crippen molar-refractivity contribution < 1.29 is 13.2 Å². The minimum absolute atomic E-state index is 0.0870. The quantitative estimate of drug-likeness (QED) is 0.700. The fourth-order valence-electron chi connectivity index (χ4n) is 1.53. The molecule has 0 aliphatic heterocycles. The molecule has 0 saturated carbocycles. The number of methoxy groups -OCH3 is 1. The zero-order valence-corrected chi connectivity index (χ0v) is 13.0. The number of sulfone groups is 1. The molecular formula is C12H22N4O3S. The average molecular weight is 302 g/mol. The van der Waals surface area contributed by atoms with E-state index in [1.54, 1.807) is 20.1 Å². The number of rotatable bonds is 9. The molecule has 0 aromatic carbocycles. The maximum atomic E-state index is 11.4. The van der Waals surface area contributed by atoms with E-state index in [0.29, 0.717) is 30.6 Å². The van der Waals surface area contributed by atoms with E-state index in [9.17, 15) is 8.42 Å². The van der Waals surface area contributed by atoms with E-state index in [1.807, 2.05) is 6.92 Å². The van der Waals surface area contributed by atoms with Crippen molar-refractivity contribution in [1.29, 1.82) is 0 Å². The number of ether oxygens (including phenoxy) is 1. The van der Waals surface area contributed by atoms with Gasteiger partial charge >= 0.3 is 0 Å². The summed E-state index contributed by atoms with van der Waals surface area (Å²) in [6.45, 7) is 4.98. The Morgan fingerprint density at radius 1 is 1.20 bits per heavy atom. The van der Waals surface area contributed by atoms with Gasteiger partial charge in [0.25, 0.3) is 0 Å². The molecule has 0 radical (unpaired) electrons. The van der Waals surface area contributed by atoms with Gasteiger partial charge in [0.1, 0.15) is 18.2 Å². The zero-order valence-electron chi connectivity index (χ0n) is 12.1. The van der Waals surface area contributed by atoms with Gasteiger partial charge in [-0.25, -0.2) is 18.4 Å². The maximum Gasteiger partial charge on any atom is 0.158 e. The molecule has 7 nitrogen and oxygen atoms in total. The van der Waals surface area contributed by atoms with Gasteiger partial charge in [0.15, 0.2) is 15.7 Å². The van der Waals surface area contributed by atoms with Crippen LogP contribution < -0.4 is 10.6 Å². The largest absolute Gasteiger partial charge is 0.377 e. The predicted molar refractivity (Wildman–Crippen MR) is 79.7 cm³/mol. The Morgan fingerprint density at radius 3 is 2.40 bits per heavy atom. The SMILES string of the molecule is CCNc1cc(NCCS(=O)(=O)CC)nc(COC)n1. The molecule has 0 bridgehead atoms. The third-order valence-corrected chi connectivity index (χ3v) is 4.27. The van der Waals surface area contributed by atoms with Crippen LogP contribution in [-0.4, -0.2) is 50.1 Å². The standard InChI is InChI=1S/C12H22N4O3S/c1-4-13-10-8-11(16-12(15-10)9-19-3)14-6-7-20(17,18)5-2/h8H,4-7,9H2,1-3H3,(H2,13,14,15,16). The Morgan fingerprint density at radius 2 is 1.85 bits per heavy atom. The van der Waals surface area contributed by atoms with Gasteiger partial charge < -0.3 is 15.4 Å². The first-order valence-corrected chi connectivity index (χ1v) is 8.38. The molecule has 0 spiro atoms. The summed E-state index contributed by atoms with van der Waals surface area (Å²) in [4.78, 5) is 8.55. The van der Waals surface area contributed by atoms with Crippen molar-refractivity contribution in [1.82, 2.24) is 9.97 Å². The summed E-state index contributed by atoms with van der Waals surface area (Å²) >= 11 is 0. The van der Waals surface area contributed by atoms with E-state index in [-0.39, 0.29) is 11.5 Å². The summed E-state index contributed by atoms with van der Waals surface area (Å²) in [6.07, 6.45) is 0. The van der Waals surface area contributed by atoms with Crippen LogP contribution in [0.3, 0.4) is 0 Å². The average Bonchev–Trinajstić information content (AvgIpc) is 2.39. The normalized spacial score (nSPS) is 11.3. The Labute approximate surface area is 120 Å². The van der Waals surface area contributed by atoms with Crippen LogP contribution in [0.5, 0.6) is 0 Å². The maximum absolute atomic E-state index is 11.4. The van der Waals surface area contributed by atoms with E-state index in [1.165, 1.54) is 0 Å². The third kappa shape index (κ3) is 5.70. The second kappa shape index (κ2) is 8.01. The van der Waals surface area contributed by atoms with Crippen molar-refractivity contribution in [2.45, 2.75) is 20.5 Å². The number of anilines is 2. The van der Waals surface area contributed by atoms with Gasteiger partial charge in [-0.1, -0.05) is 6.92 Å². The highest BCUT2D eigenvalue weighted by Gasteiger charge is 2.08. The Hall–Kier alpha value is -1.41. The van der Waals surface area contributed by atoms with Gasteiger partial charge in [0.05, 0.1) is 5.75 Å². The van der Waals surface area contributed by atoms with E-state index >= 15 is 0 Å². The fourth-order valence-corrected chi connectivity index (χ4v) is 2.23. The Kier molecular flexibility index (Phi) is 6.66. The molecule has 1 aromatic heterocycles. The highest BCUT2D eigenvalue weighted by atomic mass is 32.2. The third-order valence-electron chi connectivity index (χ3n) is 2.56. The lowest BCUT2D eigenvalue weighted by Crippen LogP contribution is -2.18. The van der Waals surface area contributed by atoms with Crippen LogP contribution in [0.2, 0.25) is 0 Å². The molecule has 0 fully saturated rings. The van der Waals surface area contributed by atoms with Gasteiger partial charge in [-0.3, -0.25) is 0 Å². The lowest BCUT2D eigenvalue weighted by Gasteiger charge is -2.10. The van der Waals surface area contributed by atoms with Crippen molar-refractivity contribution in [3.05, 3.63) is 11.9 Å². The lowest BCUT2D eigenvalue weighted by atomic mass is 10.4. The van der Waals surface area contributed by atoms with Crippen LogP contribution in [0.25, 0.3) is 0 Å². The van der Waals surface area contributed by atoms with Crippen LogP contribution in [0.15, 0.2) is 6.07 Å². The minimum atomic E-state index is -2.98. The lowest BCUT2D eigenvalue weighted by molar-refractivity contribution is 0.178. The zero-order chi connectivity index (χ0) is 15.0. The summed E-state index contributed by atoms with van der Waals surface area (Å²) in [7, 11) is -1.40. The summed E-state index contributed by atoms with van der Waals surface area (Å²) in [5.74, 6) is 2.07. The molecule has 0 aliphatic rings. The van der Waals surface area contributed by atoms with Crippen molar-refractivity contribution in [2.75, 3.05) is 42.3 Å². The van der Waals surface area contributed by atoms with Crippen LogP contribution in [0, 0.1) is 0 Å². The number of nitrogens with zero attached hydrogens (tertiary/aromatic N) is 2. The van der Waals surface area contributed by atoms with Gasteiger partial charge in [-0.15, -0.1) is 0 Å². The van der Waals surface area contributed by atoms with Crippen molar-refractivity contribution in [3.63, 3.8) is 0 Å². The van der Waals surface area contributed by atoms with Gasteiger partial charge in [-0.2, -0.15) is 0 Å². The molecule has 0 amide bonds. The minimum Gasteiger partial charge on any atom is -0.377 e. The molecule has 0 unspecified atom stereocenters. The van der Waals surface area contributed by atoms with Crippen LogP contribution in [0.4, 0.5) is 11.6 Å². The van der Waals surface area contributed by atoms with Gasteiger partial charge in [-0.05, 0) is 6.92 Å². The molecule has 0 atom stereocenters. The summed E-state index contributed by atoms with van der Waals surface area (Å²) in [5, 5.41) is 6.11. The van der Waals surface area contributed by atoms with Crippen molar-refractivity contribution in [3.8, 4) is 0 Å². The number of hydrogen-bond acceptors (Lipinski definition) is 7. The molecule has 1 rings (SSSR count). The van der Waals surface area contributed by atoms with E-state index in [2.05, 4.69) is 20.6 Å². The molecule has 2 N–H and O–H groups in total. The first-order chi connectivity index (χ1) is 9.50. The second-order valence-corrected chi connectivity index (χ2v) is 6.65. The predicted octanol–water partition coefficient (Wildman–Crippen LogP) is 0.901. The molecule has 114 valence electrons. The molecule has 8 heteroatoms. The summed E-state index contributed by atoms with van der Waals surface area (Å²) in [6, 6.07) is 1.75. The fraction of sp³-hybridized carbons (Fsp3) is 0.667. The van der Waals surface area contributed by atoms with Gasteiger partial charge in [0, 0.05) is 32.0 Å². The molecule has 20 heavy (non-hydrogen) atoms. The number of nitrogens with one attached hydrogen (secondary N) is 2. The van der Waals surface area contributed by atoms with Gasteiger partial charge in [0.2, 0.25) is 0 Å². The monoisotopic (exact) mass is 302 g/mol. The van der Waals surface area contributed by atoms with Crippen molar-refractivity contribution in [2.24, 2.45) is 0 Å². The molecular weight excluding hydrogens is 280 g/mol. The number of aromatic nitrogens is 2. The first-order valence-electron chi connectivity index (χ1n) is 6.55. The molecule has 0 aliphatic carbocycles. The van der Waals surface area contributed by atoms with Crippen LogP contribution in [-0.2, 0) is 21.2 Å². The van der Waals surface area contributed by atoms with Crippen LogP contribution in [0.1, 0.15) is 19.7 Å². The molecule has 1 aromatic rings. The molecule has 0 saturated heterocycles. The van der Waals surface area contributed by atoms with E-state index in [0.717, 1.165) is 6.54 Å². The summed E-state index contributed by atoms with van der Waals surface area (Å²) in [5.41, 5.74) is 0. The van der Waals surface area contributed by atoms with E-state index < -0.39 is 9.84 Å². The second-order valence-electron chi connectivity index (χ2n) is 4.18. The Bertz CT molecular complexity index is 495. The smallest absolute Gasteiger partial charge is 0.158 e. The number of hydrogen-bond donors (Lipinski definition) is 2. The topological polar surface area (TPSA) is 93.2 Å². The highest BCUT2D eigenvalue weighted by molar-refractivity contribution is 7.91. The first kappa shape index (κ1) is 16.6. The molecule has 1 heterocycles.